The van der Waals surface area contributed by atoms with Crippen molar-refractivity contribution in [2.45, 2.75) is 37.5 Å². The molecule has 0 N–H and O–H groups in total. The Balaban J connectivity index is 2.09. The first kappa shape index (κ1) is 20.0. The van der Waals surface area contributed by atoms with Gasteiger partial charge in [0.05, 0.1) is 20.4 Å². The number of nitrogens with zero attached hydrogens (tertiary/aromatic N) is 2. The summed E-state index contributed by atoms with van der Waals surface area (Å²) in [6, 6.07) is 12.0. The van der Waals surface area contributed by atoms with Crippen LogP contribution in [0, 0.1) is 0 Å². The van der Waals surface area contributed by atoms with E-state index < -0.39 is 21.0 Å². The fourth-order valence-electron chi connectivity index (χ4n) is 2.67. The van der Waals surface area contributed by atoms with Crippen LogP contribution in [0.15, 0.2) is 56.8 Å². The minimum atomic E-state index is -3.45. The van der Waals surface area contributed by atoms with E-state index in [0.29, 0.717) is 11.3 Å². The molecule has 3 rings (SSSR count). The second-order valence-electron chi connectivity index (χ2n) is 6.28. The third-order valence-corrected chi connectivity index (χ3v) is 7.87. The molecule has 0 bridgehead atoms. The average molecular weight is 467 g/mol. The van der Waals surface area contributed by atoms with Gasteiger partial charge in [-0.2, -0.15) is 4.99 Å². The van der Waals surface area contributed by atoms with Gasteiger partial charge in [0.2, 0.25) is 0 Å². The molecule has 27 heavy (non-hydrogen) atoms. The lowest BCUT2D eigenvalue weighted by molar-refractivity contribution is 0.0997. The number of aryl methyl sites for hydroxylation is 1. The van der Waals surface area contributed by atoms with Crippen molar-refractivity contribution in [3.05, 3.63) is 57.3 Å². The topological polar surface area (TPSA) is 68.5 Å². The summed E-state index contributed by atoms with van der Waals surface area (Å²) in [4.78, 5) is 17.7. The number of rotatable bonds is 4. The smallest absolute Gasteiger partial charge is 0.279 e. The lowest BCUT2D eigenvalue weighted by Gasteiger charge is -2.08. The summed E-state index contributed by atoms with van der Waals surface area (Å²) < 4.78 is 28.7. The number of carbonyl (C=O) groups excluding carboxylic acids is 1. The van der Waals surface area contributed by atoms with Gasteiger partial charge in [0.25, 0.3) is 5.91 Å². The maximum atomic E-state index is 12.7. The van der Waals surface area contributed by atoms with Crippen molar-refractivity contribution in [3.63, 3.8) is 0 Å². The van der Waals surface area contributed by atoms with Crippen LogP contribution in [0.4, 0.5) is 0 Å². The Bertz CT molecular complexity index is 1190. The van der Waals surface area contributed by atoms with E-state index in [1.54, 1.807) is 26.0 Å². The zero-order chi connectivity index (χ0) is 19.8. The molecule has 8 heteroatoms. The van der Waals surface area contributed by atoms with Gasteiger partial charge in [0, 0.05) is 16.6 Å². The first-order chi connectivity index (χ1) is 12.7. The molecule has 1 aromatic heterocycles. The molecule has 5 nitrogen and oxygen atoms in total. The molecule has 0 spiro atoms. The number of carbonyl (C=O) groups is 1. The van der Waals surface area contributed by atoms with Gasteiger partial charge in [0.1, 0.15) is 0 Å². The number of thiazole rings is 1. The normalized spacial score (nSPS) is 12.9. The summed E-state index contributed by atoms with van der Waals surface area (Å²) in [6.07, 6.45) is 0. The number of sulfone groups is 1. The van der Waals surface area contributed by atoms with Gasteiger partial charge in [-0.05, 0) is 57.2 Å². The Labute approximate surface area is 170 Å². The molecule has 142 valence electrons. The van der Waals surface area contributed by atoms with Crippen LogP contribution in [0.2, 0.25) is 0 Å². The van der Waals surface area contributed by atoms with E-state index in [1.165, 1.54) is 23.5 Å². The van der Waals surface area contributed by atoms with Crippen LogP contribution in [0.5, 0.6) is 0 Å². The van der Waals surface area contributed by atoms with Gasteiger partial charge in [-0.1, -0.05) is 33.3 Å². The number of aromatic nitrogens is 1. The highest BCUT2D eigenvalue weighted by molar-refractivity contribution is 9.10. The number of halogens is 1. The summed E-state index contributed by atoms with van der Waals surface area (Å²) in [5, 5.41) is -0.553. The molecule has 0 aliphatic rings. The number of fused-ring (bicyclic) bond motifs is 1. The Morgan fingerprint density at radius 2 is 1.96 bits per heavy atom. The zero-order valence-corrected chi connectivity index (χ0v) is 18.4. The molecule has 0 atom stereocenters. The minimum Gasteiger partial charge on any atom is -0.317 e. The van der Waals surface area contributed by atoms with E-state index in [-0.39, 0.29) is 10.5 Å². The van der Waals surface area contributed by atoms with Crippen molar-refractivity contribution >= 4 is 53.2 Å². The molecule has 1 heterocycles. The molecule has 2 aromatic carbocycles. The van der Waals surface area contributed by atoms with Crippen molar-refractivity contribution in [1.82, 2.24) is 4.57 Å². The van der Waals surface area contributed by atoms with Gasteiger partial charge in [-0.15, -0.1) is 0 Å². The lowest BCUT2D eigenvalue weighted by atomic mass is 10.2. The summed E-state index contributed by atoms with van der Waals surface area (Å²) in [6.45, 7) is 5.91. The molecular weight excluding hydrogens is 448 g/mol. The standard InChI is InChI=1S/C19H19BrN2O3S2/c1-4-22-16-9-8-14(20)11-17(16)26-19(22)21-18(23)13-6-5-7-15(10-13)27(24,25)12(2)3/h5-12H,4H2,1-3H3. The van der Waals surface area contributed by atoms with E-state index in [9.17, 15) is 13.2 Å². The number of benzene rings is 2. The fourth-order valence-corrected chi connectivity index (χ4v) is 5.42. The van der Waals surface area contributed by atoms with Crippen LogP contribution in [0.25, 0.3) is 10.2 Å². The Morgan fingerprint density at radius 1 is 1.22 bits per heavy atom. The largest absolute Gasteiger partial charge is 0.317 e. The van der Waals surface area contributed by atoms with Gasteiger partial charge < -0.3 is 4.57 Å². The second-order valence-corrected chi connectivity index (χ2v) is 10.7. The van der Waals surface area contributed by atoms with E-state index >= 15 is 0 Å². The van der Waals surface area contributed by atoms with Crippen molar-refractivity contribution in [2.75, 3.05) is 0 Å². The van der Waals surface area contributed by atoms with Gasteiger partial charge in [-0.25, -0.2) is 8.42 Å². The fraction of sp³-hybridized carbons (Fsp3) is 0.263. The highest BCUT2D eigenvalue weighted by atomic mass is 79.9. The van der Waals surface area contributed by atoms with Crippen molar-refractivity contribution in [1.29, 1.82) is 0 Å². The zero-order valence-electron chi connectivity index (χ0n) is 15.1. The Kier molecular flexibility index (Phi) is 5.69. The number of hydrogen-bond donors (Lipinski definition) is 0. The lowest BCUT2D eigenvalue weighted by Crippen LogP contribution is -2.17. The SMILES string of the molecule is CCn1c(=NC(=O)c2cccc(S(=O)(=O)C(C)C)c2)sc2cc(Br)ccc21. The Hall–Kier alpha value is -1.77. The monoisotopic (exact) mass is 466 g/mol. The van der Waals surface area contributed by atoms with Gasteiger partial charge in [0.15, 0.2) is 14.6 Å². The van der Waals surface area contributed by atoms with Crippen LogP contribution >= 0.6 is 27.3 Å². The first-order valence-electron chi connectivity index (χ1n) is 8.46. The number of amides is 1. The van der Waals surface area contributed by atoms with Crippen molar-refractivity contribution in [2.24, 2.45) is 4.99 Å². The van der Waals surface area contributed by atoms with Crippen molar-refractivity contribution < 1.29 is 13.2 Å². The molecular formula is C19H19BrN2O3S2. The van der Waals surface area contributed by atoms with Gasteiger partial charge >= 0.3 is 0 Å². The minimum absolute atomic E-state index is 0.141. The molecule has 0 unspecified atom stereocenters. The first-order valence-corrected chi connectivity index (χ1v) is 11.6. The summed E-state index contributed by atoms with van der Waals surface area (Å²) in [7, 11) is -3.45. The number of hydrogen-bond acceptors (Lipinski definition) is 4. The molecule has 1 amide bonds. The predicted octanol–water partition coefficient (Wildman–Crippen LogP) is 4.41. The predicted molar refractivity (Wildman–Crippen MR) is 112 cm³/mol. The van der Waals surface area contributed by atoms with E-state index in [1.807, 2.05) is 29.7 Å². The maximum absolute atomic E-state index is 12.7. The highest BCUT2D eigenvalue weighted by Gasteiger charge is 2.20. The summed E-state index contributed by atoms with van der Waals surface area (Å²) in [5.74, 6) is -0.455. The van der Waals surface area contributed by atoms with E-state index in [4.69, 9.17) is 0 Å². The van der Waals surface area contributed by atoms with Gasteiger partial charge in [-0.3, -0.25) is 4.79 Å². The van der Waals surface area contributed by atoms with Crippen LogP contribution in [0.1, 0.15) is 31.1 Å². The molecule has 0 aliphatic heterocycles. The Morgan fingerprint density at radius 3 is 2.63 bits per heavy atom. The third kappa shape index (κ3) is 3.93. The molecule has 0 radical (unpaired) electrons. The molecule has 0 saturated heterocycles. The summed E-state index contributed by atoms with van der Waals surface area (Å²) >= 11 is 4.88. The molecule has 3 aromatic rings. The quantitative estimate of drug-likeness (QED) is 0.571. The van der Waals surface area contributed by atoms with Crippen LogP contribution < -0.4 is 4.80 Å². The maximum Gasteiger partial charge on any atom is 0.279 e. The van der Waals surface area contributed by atoms with E-state index in [0.717, 1.165) is 14.7 Å². The molecule has 0 aliphatic carbocycles. The summed E-state index contributed by atoms with van der Waals surface area (Å²) in [5.41, 5.74) is 1.27. The van der Waals surface area contributed by atoms with Crippen LogP contribution in [0.3, 0.4) is 0 Å². The molecule has 0 saturated carbocycles. The highest BCUT2D eigenvalue weighted by Crippen LogP contribution is 2.22. The van der Waals surface area contributed by atoms with Crippen LogP contribution in [-0.4, -0.2) is 24.1 Å². The molecule has 0 fully saturated rings. The van der Waals surface area contributed by atoms with E-state index in [2.05, 4.69) is 20.9 Å². The average Bonchev–Trinajstić information content (AvgIpc) is 2.97. The third-order valence-electron chi connectivity index (χ3n) is 4.19. The second kappa shape index (κ2) is 7.69. The van der Waals surface area contributed by atoms with Crippen molar-refractivity contribution in [3.8, 4) is 0 Å². The van der Waals surface area contributed by atoms with Crippen LogP contribution in [-0.2, 0) is 16.4 Å².